The number of hydrogen-bond acceptors (Lipinski definition) is 6. The third-order valence-electron chi connectivity index (χ3n) is 3.91. The zero-order valence-electron chi connectivity index (χ0n) is 14.8. The van der Waals surface area contributed by atoms with E-state index in [1.807, 2.05) is 48.5 Å². The van der Waals surface area contributed by atoms with E-state index in [0.717, 1.165) is 11.1 Å². The van der Waals surface area contributed by atoms with Crippen molar-refractivity contribution in [2.75, 3.05) is 0 Å². The summed E-state index contributed by atoms with van der Waals surface area (Å²) in [5.41, 5.74) is 1.79. The quantitative estimate of drug-likeness (QED) is 0.373. The second-order valence-corrected chi connectivity index (χ2v) is 6.91. The standard InChI is InChI=1S/C21H16N4O2S/c26-20-19(12-17-8-4-10-22-13-17)28-21(25(20)15-18-9-5-11-27-18)24-23-14-16-6-2-1-3-7-16/h1-14H,15H2/b19-12-,23-14+,24-21+. The summed E-state index contributed by atoms with van der Waals surface area (Å²) in [4.78, 5) is 19.1. The van der Waals surface area contributed by atoms with Crippen LogP contribution in [-0.2, 0) is 11.3 Å². The lowest BCUT2D eigenvalue weighted by molar-refractivity contribution is -0.122. The van der Waals surface area contributed by atoms with Crippen molar-refractivity contribution in [2.24, 2.45) is 10.2 Å². The second kappa shape index (κ2) is 8.49. The topological polar surface area (TPSA) is 71.1 Å². The predicted molar refractivity (Wildman–Crippen MR) is 111 cm³/mol. The van der Waals surface area contributed by atoms with Gasteiger partial charge in [-0.25, -0.2) is 0 Å². The summed E-state index contributed by atoms with van der Waals surface area (Å²) < 4.78 is 5.39. The van der Waals surface area contributed by atoms with E-state index in [0.29, 0.717) is 22.4 Å². The Labute approximate surface area is 166 Å². The molecule has 1 aromatic carbocycles. The van der Waals surface area contributed by atoms with Gasteiger partial charge in [0.2, 0.25) is 0 Å². The van der Waals surface area contributed by atoms with Crippen LogP contribution < -0.4 is 0 Å². The summed E-state index contributed by atoms with van der Waals surface area (Å²) in [5, 5.41) is 8.94. The first kappa shape index (κ1) is 17.9. The maximum atomic E-state index is 12.9. The first-order valence-electron chi connectivity index (χ1n) is 8.59. The van der Waals surface area contributed by atoms with E-state index in [9.17, 15) is 4.79 Å². The molecule has 0 saturated carbocycles. The Morgan fingerprint density at radius 3 is 2.68 bits per heavy atom. The molecule has 1 aliphatic heterocycles. The number of nitrogens with zero attached hydrogens (tertiary/aromatic N) is 4. The minimum Gasteiger partial charge on any atom is -0.467 e. The van der Waals surface area contributed by atoms with Gasteiger partial charge < -0.3 is 4.42 Å². The van der Waals surface area contributed by atoms with Crippen molar-refractivity contribution >= 4 is 35.1 Å². The summed E-state index contributed by atoms with van der Waals surface area (Å²) >= 11 is 1.28. The van der Waals surface area contributed by atoms with Gasteiger partial charge in [-0.15, -0.1) is 5.10 Å². The van der Waals surface area contributed by atoms with Gasteiger partial charge in [0.1, 0.15) is 5.76 Å². The number of amidine groups is 1. The van der Waals surface area contributed by atoms with Crippen molar-refractivity contribution in [3.8, 4) is 0 Å². The maximum absolute atomic E-state index is 12.9. The minimum atomic E-state index is -0.140. The molecule has 7 heteroatoms. The van der Waals surface area contributed by atoms with Gasteiger partial charge in [-0.3, -0.25) is 14.7 Å². The fourth-order valence-electron chi connectivity index (χ4n) is 2.58. The smallest absolute Gasteiger partial charge is 0.267 e. The van der Waals surface area contributed by atoms with Crippen molar-refractivity contribution in [1.29, 1.82) is 0 Å². The number of benzene rings is 1. The molecule has 138 valence electrons. The molecule has 0 spiro atoms. The van der Waals surface area contributed by atoms with Gasteiger partial charge in [-0.2, -0.15) is 5.10 Å². The fourth-order valence-corrected chi connectivity index (χ4v) is 3.51. The summed E-state index contributed by atoms with van der Waals surface area (Å²) in [7, 11) is 0. The largest absolute Gasteiger partial charge is 0.467 e. The van der Waals surface area contributed by atoms with Crippen molar-refractivity contribution in [3.05, 3.63) is 95.0 Å². The molecule has 3 aromatic rings. The molecule has 1 aliphatic rings. The highest BCUT2D eigenvalue weighted by Gasteiger charge is 2.34. The van der Waals surface area contributed by atoms with Crippen LogP contribution in [-0.4, -0.2) is 27.2 Å². The van der Waals surface area contributed by atoms with Crippen molar-refractivity contribution in [3.63, 3.8) is 0 Å². The van der Waals surface area contributed by atoms with Gasteiger partial charge in [0.05, 0.1) is 23.9 Å². The van der Waals surface area contributed by atoms with Crippen molar-refractivity contribution in [1.82, 2.24) is 9.88 Å². The molecule has 0 bridgehead atoms. The lowest BCUT2D eigenvalue weighted by Crippen LogP contribution is -2.28. The number of carbonyl (C=O) groups is 1. The van der Waals surface area contributed by atoms with Gasteiger partial charge >= 0.3 is 0 Å². The molecule has 3 heterocycles. The molecule has 1 fully saturated rings. The predicted octanol–water partition coefficient (Wildman–Crippen LogP) is 4.18. The Hall–Kier alpha value is -3.45. The van der Waals surface area contributed by atoms with Crippen LogP contribution in [0, 0.1) is 0 Å². The van der Waals surface area contributed by atoms with Crippen LogP contribution in [0.2, 0.25) is 0 Å². The average Bonchev–Trinajstić information content (AvgIpc) is 3.34. The lowest BCUT2D eigenvalue weighted by Gasteiger charge is -2.12. The van der Waals surface area contributed by atoms with Crippen LogP contribution in [0.25, 0.3) is 6.08 Å². The molecule has 2 aromatic heterocycles. The highest BCUT2D eigenvalue weighted by molar-refractivity contribution is 8.18. The first-order chi connectivity index (χ1) is 13.8. The van der Waals surface area contributed by atoms with Crippen LogP contribution in [0.5, 0.6) is 0 Å². The Morgan fingerprint density at radius 2 is 1.93 bits per heavy atom. The minimum absolute atomic E-state index is 0.140. The van der Waals surface area contributed by atoms with Gasteiger partial charge in [0, 0.05) is 12.4 Å². The molecular weight excluding hydrogens is 372 g/mol. The maximum Gasteiger partial charge on any atom is 0.267 e. The number of carbonyl (C=O) groups excluding carboxylic acids is 1. The Morgan fingerprint density at radius 1 is 1.07 bits per heavy atom. The lowest BCUT2D eigenvalue weighted by atomic mass is 10.2. The highest BCUT2D eigenvalue weighted by atomic mass is 32.2. The van der Waals surface area contributed by atoms with E-state index < -0.39 is 0 Å². The highest BCUT2D eigenvalue weighted by Crippen LogP contribution is 2.33. The zero-order chi connectivity index (χ0) is 19.2. The van der Waals surface area contributed by atoms with Crippen LogP contribution >= 0.6 is 11.8 Å². The monoisotopic (exact) mass is 388 g/mol. The van der Waals surface area contributed by atoms with E-state index in [1.54, 1.807) is 41.9 Å². The fraction of sp³-hybridized carbons (Fsp3) is 0.0476. The van der Waals surface area contributed by atoms with Crippen LogP contribution in [0.15, 0.2) is 92.8 Å². The molecule has 1 saturated heterocycles. The molecule has 0 N–H and O–H groups in total. The zero-order valence-corrected chi connectivity index (χ0v) is 15.6. The molecule has 28 heavy (non-hydrogen) atoms. The summed E-state index contributed by atoms with van der Waals surface area (Å²) in [6.45, 7) is 0.295. The van der Waals surface area contributed by atoms with Crippen molar-refractivity contribution < 1.29 is 9.21 Å². The van der Waals surface area contributed by atoms with E-state index in [4.69, 9.17) is 4.42 Å². The van der Waals surface area contributed by atoms with Crippen LogP contribution in [0.3, 0.4) is 0 Å². The summed E-state index contributed by atoms with van der Waals surface area (Å²) in [6, 6.07) is 17.0. The second-order valence-electron chi connectivity index (χ2n) is 5.91. The van der Waals surface area contributed by atoms with E-state index in [-0.39, 0.29) is 5.91 Å². The molecule has 6 nitrogen and oxygen atoms in total. The number of rotatable bonds is 5. The number of aromatic nitrogens is 1. The number of pyridine rings is 1. The van der Waals surface area contributed by atoms with E-state index >= 15 is 0 Å². The van der Waals surface area contributed by atoms with Gasteiger partial charge in [-0.1, -0.05) is 36.4 Å². The van der Waals surface area contributed by atoms with Crippen LogP contribution in [0.1, 0.15) is 16.9 Å². The average molecular weight is 388 g/mol. The third kappa shape index (κ3) is 4.27. The summed E-state index contributed by atoms with van der Waals surface area (Å²) in [5.74, 6) is 0.537. The molecule has 0 unspecified atom stereocenters. The van der Waals surface area contributed by atoms with Gasteiger partial charge in [-0.05, 0) is 47.2 Å². The van der Waals surface area contributed by atoms with Gasteiger partial charge in [0.25, 0.3) is 5.91 Å². The molecule has 0 radical (unpaired) electrons. The van der Waals surface area contributed by atoms with E-state index in [2.05, 4.69) is 15.2 Å². The summed E-state index contributed by atoms with van der Waals surface area (Å²) in [6.07, 6.45) is 8.45. The molecule has 4 rings (SSSR count). The third-order valence-corrected chi connectivity index (χ3v) is 4.91. The van der Waals surface area contributed by atoms with Gasteiger partial charge in [0.15, 0.2) is 5.17 Å². The molecule has 1 amide bonds. The number of hydrogen-bond donors (Lipinski definition) is 0. The molecule has 0 atom stereocenters. The normalized spacial score (nSPS) is 17.3. The van der Waals surface area contributed by atoms with Crippen molar-refractivity contribution in [2.45, 2.75) is 6.54 Å². The molecule has 0 aliphatic carbocycles. The Balaban J connectivity index is 1.61. The van der Waals surface area contributed by atoms with E-state index in [1.165, 1.54) is 11.8 Å². The molecular formula is C21H16N4O2S. The number of thioether (sulfide) groups is 1. The Bertz CT molecular complexity index is 1030. The Kier molecular flexibility index (Phi) is 5.44. The SMILES string of the molecule is O=C1/C(=C/c2cccnc2)S/C(=N/N=C/c2ccccc2)N1Cc1ccco1. The number of furan rings is 1. The van der Waals surface area contributed by atoms with Crippen LogP contribution in [0.4, 0.5) is 0 Å². The first-order valence-corrected chi connectivity index (χ1v) is 9.41. The number of amides is 1.